The molecule has 1 aliphatic rings. The lowest BCUT2D eigenvalue weighted by molar-refractivity contribution is -0.129. The Morgan fingerprint density at radius 3 is 2.77 bits per heavy atom. The number of aliphatic hydroxyl groups is 1. The van der Waals surface area contributed by atoms with Gasteiger partial charge in [-0.05, 0) is 31.1 Å². The molecule has 1 saturated carbocycles. The van der Waals surface area contributed by atoms with Crippen molar-refractivity contribution in [2.75, 3.05) is 0 Å². The highest BCUT2D eigenvalue weighted by molar-refractivity contribution is 5.83. The lowest BCUT2D eigenvalue weighted by atomic mass is 9.94. The van der Waals surface area contributed by atoms with Gasteiger partial charge in [-0.15, -0.1) is 0 Å². The number of hydrogen-bond acceptors (Lipinski definition) is 2. The molecule has 0 saturated heterocycles. The van der Waals surface area contributed by atoms with Crippen LogP contribution >= 0.6 is 0 Å². The molecule has 2 nitrogen and oxygen atoms in total. The van der Waals surface area contributed by atoms with Crippen molar-refractivity contribution in [1.29, 1.82) is 0 Å². The number of carbonyl (C=O) groups is 1. The Kier molecular flexibility index (Phi) is 3.36. The zero-order valence-corrected chi connectivity index (χ0v) is 8.55. The van der Waals surface area contributed by atoms with Gasteiger partial charge in [0.1, 0.15) is 6.10 Å². The normalized spacial score (nSPS) is 24.7. The zero-order valence-electron chi connectivity index (χ0n) is 9.55. The third-order valence-corrected chi connectivity index (χ3v) is 2.60. The first kappa shape index (κ1) is 9.20. The number of rotatable bonds is 6. The minimum absolute atomic E-state index is 0.140. The minimum atomic E-state index is -1.09. The monoisotopic (exact) mass is 185 g/mol. The second-order valence-corrected chi connectivity index (χ2v) is 4.11. The summed E-state index contributed by atoms with van der Waals surface area (Å²) in [4.78, 5) is 11.5. The summed E-state index contributed by atoms with van der Waals surface area (Å²) in [6, 6.07) is 0. The van der Waals surface area contributed by atoms with Crippen molar-refractivity contribution in [2.24, 2.45) is 11.8 Å². The molecule has 0 radical (unpaired) electrons. The molecule has 0 heterocycles. The SMILES string of the molecule is [2H][C@](C)(CCC)C(O)C(=O)CC1CC1. The van der Waals surface area contributed by atoms with Crippen LogP contribution in [0.1, 0.15) is 47.3 Å². The standard InChI is InChI=1S/C11H20O2/c1-3-4-8(2)11(13)10(12)7-9-5-6-9/h8-9,11,13H,3-7H2,1-2H3/t8-,11?/m0/s1/i8D. The lowest BCUT2D eigenvalue weighted by Crippen LogP contribution is -2.27. The Morgan fingerprint density at radius 2 is 2.31 bits per heavy atom. The summed E-state index contributed by atoms with van der Waals surface area (Å²) in [5.41, 5.74) is 0. The van der Waals surface area contributed by atoms with Crippen LogP contribution in [0.2, 0.25) is 0 Å². The van der Waals surface area contributed by atoms with Gasteiger partial charge < -0.3 is 5.11 Å². The van der Waals surface area contributed by atoms with Gasteiger partial charge in [-0.3, -0.25) is 4.79 Å². The maximum Gasteiger partial charge on any atom is 0.161 e. The van der Waals surface area contributed by atoms with E-state index in [1.807, 2.05) is 6.92 Å². The Morgan fingerprint density at radius 1 is 1.69 bits per heavy atom. The highest BCUT2D eigenvalue weighted by atomic mass is 16.3. The first-order chi connectivity index (χ1) is 6.47. The Labute approximate surface area is 81.7 Å². The van der Waals surface area contributed by atoms with Gasteiger partial charge >= 0.3 is 0 Å². The Balaban J connectivity index is 2.43. The van der Waals surface area contributed by atoms with Crippen LogP contribution in [-0.4, -0.2) is 17.0 Å². The molecule has 0 aliphatic heterocycles. The highest BCUT2D eigenvalue weighted by Crippen LogP contribution is 2.33. The maximum absolute atomic E-state index is 11.5. The van der Waals surface area contributed by atoms with Crippen LogP contribution in [0.3, 0.4) is 0 Å². The van der Waals surface area contributed by atoms with Gasteiger partial charge in [0.05, 0.1) is 0 Å². The minimum Gasteiger partial charge on any atom is -0.385 e. The molecule has 0 spiro atoms. The van der Waals surface area contributed by atoms with Gasteiger partial charge in [0.15, 0.2) is 5.78 Å². The quantitative estimate of drug-likeness (QED) is 0.688. The van der Waals surface area contributed by atoms with Gasteiger partial charge in [-0.25, -0.2) is 0 Å². The van der Waals surface area contributed by atoms with Gasteiger partial charge in [0, 0.05) is 7.79 Å². The summed E-state index contributed by atoms with van der Waals surface area (Å²) in [5.74, 6) is -0.645. The Hall–Kier alpha value is -0.370. The van der Waals surface area contributed by atoms with Crippen molar-refractivity contribution in [2.45, 2.75) is 52.1 Å². The molecule has 1 fully saturated rings. The third kappa shape index (κ3) is 3.47. The molecule has 1 N–H and O–H groups in total. The van der Waals surface area contributed by atoms with Gasteiger partial charge in [-0.1, -0.05) is 20.3 Å². The van der Waals surface area contributed by atoms with Gasteiger partial charge in [-0.2, -0.15) is 0 Å². The second kappa shape index (κ2) is 4.75. The van der Waals surface area contributed by atoms with Crippen LogP contribution in [0, 0.1) is 11.8 Å². The van der Waals surface area contributed by atoms with Crippen LogP contribution in [0.4, 0.5) is 0 Å². The molecule has 1 rings (SSSR count). The molecule has 2 atom stereocenters. The zero-order chi connectivity index (χ0) is 10.8. The second-order valence-electron chi connectivity index (χ2n) is 4.11. The first-order valence-electron chi connectivity index (χ1n) is 5.68. The first-order valence-corrected chi connectivity index (χ1v) is 5.18. The largest absolute Gasteiger partial charge is 0.385 e. The van der Waals surface area contributed by atoms with Crippen molar-refractivity contribution in [1.82, 2.24) is 0 Å². The summed E-state index contributed by atoms with van der Waals surface area (Å²) in [5, 5.41) is 9.72. The predicted octanol–water partition coefficient (Wildman–Crippen LogP) is 2.15. The average Bonchev–Trinajstić information content (AvgIpc) is 2.86. The van der Waals surface area contributed by atoms with E-state index in [1.165, 1.54) is 0 Å². The molecular formula is C11H20O2. The topological polar surface area (TPSA) is 37.3 Å². The summed E-state index contributed by atoms with van der Waals surface area (Å²) >= 11 is 0. The summed E-state index contributed by atoms with van der Waals surface area (Å²) in [6.07, 6.45) is 3.00. The Bertz CT molecular complexity index is 209. The average molecular weight is 185 g/mol. The number of Topliss-reactive ketones (excluding diaryl/α,β-unsaturated/α-hetero) is 1. The molecule has 13 heavy (non-hydrogen) atoms. The summed E-state index contributed by atoms with van der Waals surface area (Å²) in [7, 11) is 0. The molecular weight excluding hydrogens is 164 g/mol. The predicted molar refractivity (Wildman–Crippen MR) is 52.4 cm³/mol. The van der Waals surface area contributed by atoms with Crippen LogP contribution < -0.4 is 0 Å². The molecule has 1 aliphatic carbocycles. The summed E-state index contributed by atoms with van der Waals surface area (Å²) in [6.45, 7) is 3.61. The van der Waals surface area contributed by atoms with Crippen molar-refractivity contribution in [3.05, 3.63) is 0 Å². The molecule has 2 heteroatoms. The van der Waals surface area contributed by atoms with Crippen LogP contribution in [0.5, 0.6) is 0 Å². The molecule has 0 aromatic rings. The smallest absolute Gasteiger partial charge is 0.161 e. The van der Waals surface area contributed by atoms with E-state index in [0.29, 0.717) is 18.8 Å². The highest BCUT2D eigenvalue weighted by Gasteiger charge is 2.29. The number of aliphatic hydroxyl groups excluding tert-OH is 1. The lowest BCUT2D eigenvalue weighted by Gasteiger charge is -2.16. The van der Waals surface area contributed by atoms with Crippen molar-refractivity contribution in [3.8, 4) is 0 Å². The van der Waals surface area contributed by atoms with E-state index < -0.39 is 12.0 Å². The molecule has 0 amide bonds. The summed E-state index contributed by atoms with van der Waals surface area (Å²) < 4.78 is 7.86. The van der Waals surface area contributed by atoms with Crippen LogP contribution in [-0.2, 0) is 4.79 Å². The van der Waals surface area contributed by atoms with E-state index in [2.05, 4.69) is 0 Å². The van der Waals surface area contributed by atoms with Crippen molar-refractivity contribution < 1.29 is 11.3 Å². The van der Waals surface area contributed by atoms with E-state index in [9.17, 15) is 9.90 Å². The molecule has 0 aromatic carbocycles. The third-order valence-electron chi connectivity index (χ3n) is 2.60. The van der Waals surface area contributed by atoms with E-state index >= 15 is 0 Å². The van der Waals surface area contributed by atoms with E-state index in [1.54, 1.807) is 6.92 Å². The van der Waals surface area contributed by atoms with Crippen LogP contribution in [0.15, 0.2) is 0 Å². The number of hydrogen-bond donors (Lipinski definition) is 1. The van der Waals surface area contributed by atoms with E-state index in [4.69, 9.17) is 1.37 Å². The van der Waals surface area contributed by atoms with Crippen molar-refractivity contribution in [3.63, 3.8) is 0 Å². The maximum atomic E-state index is 11.5. The molecule has 0 aromatic heterocycles. The van der Waals surface area contributed by atoms with Gasteiger partial charge in [0.25, 0.3) is 0 Å². The number of carbonyl (C=O) groups excluding carboxylic acids is 1. The fraction of sp³-hybridized carbons (Fsp3) is 0.909. The molecule has 1 unspecified atom stereocenters. The van der Waals surface area contributed by atoms with Gasteiger partial charge in [0.2, 0.25) is 0 Å². The van der Waals surface area contributed by atoms with E-state index in [-0.39, 0.29) is 5.78 Å². The van der Waals surface area contributed by atoms with Crippen molar-refractivity contribution >= 4 is 5.78 Å². The van der Waals surface area contributed by atoms with Crippen LogP contribution in [0.25, 0.3) is 0 Å². The fourth-order valence-electron chi connectivity index (χ4n) is 1.52. The molecule has 0 bridgehead atoms. The van der Waals surface area contributed by atoms with E-state index in [0.717, 1.165) is 19.3 Å². The fourth-order valence-corrected chi connectivity index (χ4v) is 1.52. The molecule has 76 valence electrons. The number of ketones is 1.